The van der Waals surface area contributed by atoms with E-state index in [4.69, 9.17) is 9.52 Å². The average molecular weight is 263 g/mol. The van der Waals surface area contributed by atoms with E-state index in [0.717, 1.165) is 0 Å². The first-order valence-corrected chi connectivity index (χ1v) is 5.58. The number of aryl methyl sites for hydroxylation is 2. The third-order valence-corrected chi connectivity index (χ3v) is 2.68. The number of nitrogens with zero attached hydrogens (tertiary/aromatic N) is 2. The first-order valence-electron chi connectivity index (χ1n) is 5.58. The Morgan fingerprint density at radius 1 is 1.53 bits per heavy atom. The molecule has 0 saturated heterocycles. The largest absolute Gasteiger partial charge is 0.478 e. The highest BCUT2D eigenvalue weighted by molar-refractivity contribution is 5.92. The summed E-state index contributed by atoms with van der Waals surface area (Å²) in [5.74, 6) is -0.640. The van der Waals surface area contributed by atoms with E-state index in [1.54, 1.807) is 20.0 Å². The van der Waals surface area contributed by atoms with Gasteiger partial charge in [0.25, 0.3) is 5.91 Å². The molecule has 2 aromatic rings. The number of aromatic nitrogens is 2. The van der Waals surface area contributed by atoms with Crippen molar-refractivity contribution in [3.63, 3.8) is 0 Å². The second-order valence-electron chi connectivity index (χ2n) is 4.01. The van der Waals surface area contributed by atoms with Gasteiger partial charge in [-0.05, 0) is 19.1 Å². The van der Waals surface area contributed by atoms with Crippen LogP contribution in [0.5, 0.6) is 0 Å². The van der Waals surface area contributed by atoms with E-state index >= 15 is 0 Å². The van der Waals surface area contributed by atoms with Gasteiger partial charge in [-0.2, -0.15) is 5.10 Å². The summed E-state index contributed by atoms with van der Waals surface area (Å²) < 4.78 is 6.71. The molecule has 0 aromatic carbocycles. The van der Waals surface area contributed by atoms with Crippen LogP contribution < -0.4 is 5.32 Å². The second kappa shape index (κ2) is 4.97. The van der Waals surface area contributed by atoms with Crippen molar-refractivity contribution in [3.05, 3.63) is 41.1 Å². The number of carboxylic acids is 1. The van der Waals surface area contributed by atoms with Gasteiger partial charge in [-0.1, -0.05) is 0 Å². The summed E-state index contributed by atoms with van der Waals surface area (Å²) >= 11 is 0. The SMILES string of the molecule is Cc1oc(CNC(=O)c2ccnn2C)cc1C(=O)O. The number of carboxylic acid groups (broad SMARTS) is 1. The standard InChI is InChI=1S/C12H13N3O4/c1-7-9(12(17)18)5-8(19-7)6-13-11(16)10-3-4-14-15(10)2/h3-5H,6H2,1-2H3,(H,13,16)(H,17,18). The molecule has 0 radical (unpaired) electrons. The molecule has 2 N–H and O–H groups in total. The van der Waals surface area contributed by atoms with E-state index < -0.39 is 5.97 Å². The Labute approximate surface area is 108 Å². The Bertz CT molecular complexity index is 627. The molecule has 0 saturated carbocycles. The van der Waals surface area contributed by atoms with Gasteiger partial charge in [-0.15, -0.1) is 0 Å². The number of aromatic carboxylic acids is 1. The van der Waals surface area contributed by atoms with E-state index in [-0.39, 0.29) is 18.0 Å². The summed E-state index contributed by atoms with van der Waals surface area (Å²) in [7, 11) is 1.66. The number of amides is 1. The highest BCUT2D eigenvalue weighted by Crippen LogP contribution is 2.14. The van der Waals surface area contributed by atoms with Crippen LogP contribution in [-0.2, 0) is 13.6 Å². The molecule has 0 fully saturated rings. The van der Waals surface area contributed by atoms with E-state index in [1.807, 2.05) is 0 Å². The normalized spacial score (nSPS) is 10.4. The van der Waals surface area contributed by atoms with Crippen LogP contribution in [0, 0.1) is 6.92 Å². The summed E-state index contributed by atoms with van der Waals surface area (Å²) in [5.41, 5.74) is 0.520. The zero-order valence-electron chi connectivity index (χ0n) is 10.5. The predicted molar refractivity (Wildman–Crippen MR) is 64.8 cm³/mol. The fourth-order valence-corrected chi connectivity index (χ4v) is 1.70. The van der Waals surface area contributed by atoms with E-state index in [9.17, 15) is 9.59 Å². The molecule has 0 aliphatic rings. The Balaban J connectivity index is 2.03. The molecule has 19 heavy (non-hydrogen) atoms. The summed E-state index contributed by atoms with van der Waals surface area (Å²) in [6.07, 6.45) is 1.52. The highest BCUT2D eigenvalue weighted by atomic mass is 16.4. The molecule has 7 nitrogen and oxygen atoms in total. The number of carbonyl (C=O) groups is 2. The van der Waals surface area contributed by atoms with Crippen molar-refractivity contribution in [1.82, 2.24) is 15.1 Å². The van der Waals surface area contributed by atoms with Crippen LogP contribution in [0.15, 0.2) is 22.7 Å². The third-order valence-electron chi connectivity index (χ3n) is 2.68. The number of rotatable bonds is 4. The van der Waals surface area contributed by atoms with Gasteiger partial charge in [0.15, 0.2) is 0 Å². The summed E-state index contributed by atoms with van der Waals surface area (Å²) in [6.45, 7) is 1.69. The van der Waals surface area contributed by atoms with Gasteiger partial charge >= 0.3 is 5.97 Å². The number of nitrogens with one attached hydrogen (secondary N) is 1. The van der Waals surface area contributed by atoms with Crippen molar-refractivity contribution >= 4 is 11.9 Å². The van der Waals surface area contributed by atoms with Gasteiger partial charge in [0, 0.05) is 13.2 Å². The first kappa shape index (κ1) is 12.9. The summed E-state index contributed by atoms with van der Waals surface area (Å²) in [6, 6.07) is 2.99. The predicted octanol–water partition coefficient (Wildman–Crippen LogP) is 0.950. The average Bonchev–Trinajstić information content (AvgIpc) is 2.92. The fourth-order valence-electron chi connectivity index (χ4n) is 1.70. The lowest BCUT2D eigenvalue weighted by Crippen LogP contribution is -2.24. The van der Waals surface area contributed by atoms with Crippen molar-refractivity contribution in [2.45, 2.75) is 13.5 Å². The molecule has 0 atom stereocenters. The Kier molecular flexibility index (Phi) is 3.37. The Morgan fingerprint density at radius 3 is 2.79 bits per heavy atom. The quantitative estimate of drug-likeness (QED) is 0.855. The van der Waals surface area contributed by atoms with Crippen LogP contribution in [0.2, 0.25) is 0 Å². The van der Waals surface area contributed by atoms with Crippen LogP contribution in [0.3, 0.4) is 0 Å². The smallest absolute Gasteiger partial charge is 0.339 e. The monoisotopic (exact) mass is 263 g/mol. The molecular weight excluding hydrogens is 250 g/mol. The molecule has 0 aliphatic heterocycles. The molecule has 7 heteroatoms. The zero-order valence-corrected chi connectivity index (χ0v) is 10.5. The van der Waals surface area contributed by atoms with Gasteiger partial charge in [-0.25, -0.2) is 4.79 Å². The van der Waals surface area contributed by atoms with Crippen molar-refractivity contribution in [2.24, 2.45) is 7.05 Å². The highest BCUT2D eigenvalue weighted by Gasteiger charge is 2.15. The maximum Gasteiger partial charge on any atom is 0.339 e. The molecule has 0 bridgehead atoms. The van der Waals surface area contributed by atoms with Gasteiger partial charge in [0.2, 0.25) is 0 Å². The Hall–Kier alpha value is -2.57. The third kappa shape index (κ3) is 2.65. The van der Waals surface area contributed by atoms with Gasteiger partial charge < -0.3 is 14.8 Å². The minimum absolute atomic E-state index is 0.102. The van der Waals surface area contributed by atoms with E-state index in [2.05, 4.69) is 10.4 Å². The van der Waals surface area contributed by atoms with Gasteiger partial charge in [0.05, 0.1) is 6.54 Å². The zero-order chi connectivity index (χ0) is 14.0. The topological polar surface area (TPSA) is 97.4 Å². The first-order chi connectivity index (χ1) is 8.99. The lowest BCUT2D eigenvalue weighted by molar-refractivity contribution is 0.0694. The van der Waals surface area contributed by atoms with Crippen molar-refractivity contribution in [1.29, 1.82) is 0 Å². The molecule has 0 aliphatic carbocycles. The maximum absolute atomic E-state index is 11.8. The van der Waals surface area contributed by atoms with Crippen LogP contribution in [0.4, 0.5) is 0 Å². The summed E-state index contributed by atoms with van der Waals surface area (Å²) in [4.78, 5) is 22.6. The van der Waals surface area contributed by atoms with Crippen molar-refractivity contribution in [2.75, 3.05) is 0 Å². The molecular formula is C12H13N3O4. The van der Waals surface area contributed by atoms with Crippen molar-refractivity contribution < 1.29 is 19.1 Å². The van der Waals surface area contributed by atoms with Crippen LogP contribution in [0.1, 0.15) is 32.4 Å². The van der Waals surface area contributed by atoms with Gasteiger partial charge in [-0.3, -0.25) is 9.48 Å². The fraction of sp³-hybridized carbons (Fsp3) is 0.250. The minimum atomic E-state index is -1.05. The van der Waals surface area contributed by atoms with Crippen LogP contribution in [-0.4, -0.2) is 26.8 Å². The molecule has 2 aromatic heterocycles. The number of hydrogen-bond acceptors (Lipinski definition) is 4. The van der Waals surface area contributed by atoms with Crippen molar-refractivity contribution in [3.8, 4) is 0 Å². The number of carbonyl (C=O) groups excluding carboxylic acids is 1. The number of furan rings is 1. The maximum atomic E-state index is 11.8. The molecule has 1 amide bonds. The minimum Gasteiger partial charge on any atom is -0.478 e. The van der Waals surface area contributed by atoms with Crippen LogP contribution in [0.25, 0.3) is 0 Å². The summed E-state index contributed by atoms with van der Waals surface area (Å²) in [5, 5.41) is 15.4. The van der Waals surface area contributed by atoms with Gasteiger partial charge in [0.1, 0.15) is 22.8 Å². The van der Waals surface area contributed by atoms with E-state index in [0.29, 0.717) is 17.2 Å². The number of hydrogen-bond donors (Lipinski definition) is 2. The lowest BCUT2D eigenvalue weighted by atomic mass is 10.2. The second-order valence-corrected chi connectivity index (χ2v) is 4.01. The molecule has 2 heterocycles. The molecule has 0 unspecified atom stereocenters. The van der Waals surface area contributed by atoms with Crippen LogP contribution >= 0.6 is 0 Å². The molecule has 100 valence electrons. The molecule has 2 rings (SSSR count). The lowest BCUT2D eigenvalue weighted by Gasteiger charge is -2.03. The van der Waals surface area contributed by atoms with E-state index in [1.165, 1.54) is 16.9 Å². The Morgan fingerprint density at radius 2 is 2.26 bits per heavy atom. The molecule has 0 spiro atoms.